The fourth-order valence-electron chi connectivity index (χ4n) is 1.53. The first kappa shape index (κ1) is 16.3. The van der Waals surface area contributed by atoms with E-state index in [2.05, 4.69) is 10.2 Å². The van der Waals surface area contributed by atoms with Gasteiger partial charge in [0.05, 0.1) is 10.6 Å². The summed E-state index contributed by atoms with van der Waals surface area (Å²) in [4.78, 5) is 11.8. The molecule has 0 spiro atoms. The number of amides is 1. The molecule has 3 N–H and O–H groups in total. The highest BCUT2D eigenvalue weighted by Gasteiger charge is 2.18. The Morgan fingerprint density at radius 3 is 2.45 bits per heavy atom. The zero-order valence-electron chi connectivity index (χ0n) is 12.0. The van der Waals surface area contributed by atoms with Crippen molar-refractivity contribution in [1.82, 2.24) is 19.6 Å². The van der Waals surface area contributed by atoms with E-state index >= 15 is 0 Å². The van der Waals surface area contributed by atoms with Crippen LogP contribution in [0.4, 0.5) is 0 Å². The number of benzene rings is 1. The van der Waals surface area contributed by atoms with Gasteiger partial charge >= 0.3 is 0 Å². The smallest absolute Gasteiger partial charge is 0.264 e. The van der Waals surface area contributed by atoms with Crippen molar-refractivity contribution in [2.75, 3.05) is 11.6 Å². The molecule has 0 bridgehead atoms. The maximum atomic E-state index is 12.0. The van der Waals surface area contributed by atoms with E-state index in [-0.39, 0.29) is 10.6 Å². The molecular formula is C12H15N5O3S2. The Kier molecular flexibility index (Phi) is 4.71. The third-order valence-electron chi connectivity index (χ3n) is 2.75. The molecule has 118 valence electrons. The van der Waals surface area contributed by atoms with Gasteiger partial charge in [-0.15, -0.1) is 10.2 Å². The number of nitrogens with zero attached hydrogens (tertiary/aromatic N) is 3. The number of thioether (sulfide) groups is 1. The van der Waals surface area contributed by atoms with Crippen LogP contribution < -0.4 is 10.6 Å². The minimum Gasteiger partial charge on any atom is -0.336 e. The summed E-state index contributed by atoms with van der Waals surface area (Å²) in [6, 6.07) is 6.21. The predicted molar refractivity (Wildman–Crippen MR) is 82.1 cm³/mol. The zero-order valence-corrected chi connectivity index (χ0v) is 13.6. The molecule has 0 radical (unpaired) electrons. The summed E-state index contributed by atoms with van der Waals surface area (Å²) in [5.74, 6) is 5.34. The number of hydrogen-bond donors (Lipinski definition) is 2. The topological polar surface area (TPSA) is 120 Å². The summed E-state index contributed by atoms with van der Waals surface area (Å²) in [6.07, 6.45) is 0. The van der Waals surface area contributed by atoms with Crippen molar-refractivity contribution >= 4 is 27.7 Å². The van der Waals surface area contributed by atoms with Crippen molar-refractivity contribution in [1.29, 1.82) is 0 Å². The van der Waals surface area contributed by atoms with Crippen molar-refractivity contribution in [2.45, 2.75) is 23.9 Å². The summed E-state index contributed by atoms with van der Waals surface area (Å²) in [5.41, 5.74) is 0.929. The Morgan fingerprint density at radius 1 is 1.27 bits per heavy atom. The van der Waals surface area contributed by atoms with E-state index in [1.165, 1.54) is 16.8 Å². The molecule has 2 rings (SSSR count). The summed E-state index contributed by atoms with van der Waals surface area (Å²) in [6.45, 7) is 3.51. The van der Waals surface area contributed by atoms with Gasteiger partial charge in [-0.1, -0.05) is 29.5 Å². The first-order valence-corrected chi connectivity index (χ1v) is 8.68. The van der Waals surface area contributed by atoms with Crippen molar-refractivity contribution in [3.05, 3.63) is 35.7 Å². The van der Waals surface area contributed by atoms with Crippen LogP contribution in [-0.4, -0.2) is 35.0 Å². The highest BCUT2D eigenvalue weighted by molar-refractivity contribution is 8.00. The van der Waals surface area contributed by atoms with Gasteiger partial charge in [0, 0.05) is 0 Å². The fourth-order valence-corrected chi connectivity index (χ4v) is 3.31. The number of hydrogen-bond acceptors (Lipinski definition) is 7. The Labute approximate surface area is 132 Å². The number of carbonyl (C=O) groups excluding carboxylic acids is 1. The second-order valence-corrected chi connectivity index (χ2v) is 7.16. The van der Waals surface area contributed by atoms with Gasteiger partial charge in [-0.25, -0.2) is 17.8 Å². The predicted octanol–water partition coefficient (Wildman–Crippen LogP) is 0.206. The third kappa shape index (κ3) is 3.77. The SMILES string of the molecule is Cc1ccc(S(=O)(=O)NC(=O)CSc2nnc(C)n2N)cc1. The molecule has 0 saturated carbocycles. The minimum absolute atomic E-state index is 0.0364. The normalized spacial score (nSPS) is 11.4. The van der Waals surface area contributed by atoms with Gasteiger partial charge < -0.3 is 5.84 Å². The van der Waals surface area contributed by atoms with Gasteiger partial charge in [0.1, 0.15) is 5.82 Å². The first-order chi connectivity index (χ1) is 10.3. The van der Waals surface area contributed by atoms with E-state index < -0.39 is 15.9 Å². The standard InChI is InChI=1S/C12H15N5O3S2/c1-8-3-5-10(6-4-8)22(19,20)16-11(18)7-21-12-15-14-9(2)17(12)13/h3-6H,7,13H2,1-2H3,(H,16,18). The number of aryl methyl sites for hydroxylation is 2. The number of rotatable bonds is 5. The number of sulfonamides is 1. The van der Waals surface area contributed by atoms with Gasteiger partial charge in [-0.05, 0) is 26.0 Å². The van der Waals surface area contributed by atoms with Crippen LogP contribution in [0.15, 0.2) is 34.3 Å². The molecule has 2 aromatic rings. The molecule has 0 unspecified atom stereocenters. The van der Waals surface area contributed by atoms with Crippen LogP contribution in [0.3, 0.4) is 0 Å². The lowest BCUT2D eigenvalue weighted by atomic mass is 10.2. The molecule has 8 nitrogen and oxygen atoms in total. The molecule has 0 fully saturated rings. The van der Waals surface area contributed by atoms with E-state index in [9.17, 15) is 13.2 Å². The Balaban J connectivity index is 1.99. The Hall–Kier alpha value is -2.07. The van der Waals surface area contributed by atoms with Crippen LogP contribution in [0.25, 0.3) is 0 Å². The third-order valence-corrected chi connectivity index (χ3v) is 5.08. The zero-order chi connectivity index (χ0) is 16.3. The van der Waals surface area contributed by atoms with Crippen LogP contribution >= 0.6 is 11.8 Å². The monoisotopic (exact) mass is 341 g/mol. The van der Waals surface area contributed by atoms with E-state index in [0.717, 1.165) is 17.3 Å². The van der Waals surface area contributed by atoms with Gasteiger partial charge in [-0.2, -0.15) is 0 Å². The molecule has 1 aromatic carbocycles. The molecule has 0 aliphatic rings. The van der Waals surface area contributed by atoms with Crippen LogP contribution in [0.1, 0.15) is 11.4 Å². The van der Waals surface area contributed by atoms with Gasteiger partial charge in [-0.3, -0.25) is 4.79 Å². The maximum Gasteiger partial charge on any atom is 0.264 e. The van der Waals surface area contributed by atoms with Gasteiger partial charge in [0.2, 0.25) is 11.1 Å². The highest BCUT2D eigenvalue weighted by Crippen LogP contribution is 2.14. The minimum atomic E-state index is -3.87. The summed E-state index contributed by atoms with van der Waals surface area (Å²) < 4.78 is 27.3. The van der Waals surface area contributed by atoms with Crippen molar-refractivity contribution in [3.63, 3.8) is 0 Å². The molecule has 0 aliphatic carbocycles. The first-order valence-electron chi connectivity index (χ1n) is 6.22. The molecule has 0 atom stereocenters. The van der Waals surface area contributed by atoms with Crippen molar-refractivity contribution in [2.24, 2.45) is 0 Å². The number of nitrogens with one attached hydrogen (secondary N) is 1. The van der Waals surface area contributed by atoms with Crippen LogP contribution in [0, 0.1) is 13.8 Å². The molecule has 1 heterocycles. The lowest BCUT2D eigenvalue weighted by Crippen LogP contribution is -2.32. The Bertz CT molecular complexity index is 784. The van der Waals surface area contributed by atoms with Gasteiger partial charge in [0.15, 0.2) is 0 Å². The Morgan fingerprint density at radius 2 is 1.91 bits per heavy atom. The van der Waals surface area contributed by atoms with E-state index in [0.29, 0.717) is 11.0 Å². The van der Waals surface area contributed by atoms with Crippen LogP contribution in [0.2, 0.25) is 0 Å². The largest absolute Gasteiger partial charge is 0.336 e. The average Bonchev–Trinajstić information content (AvgIpc) is 2.76. The van der Waals surface area contributed by atoms with Crippen LogP contribution in [0.5, 0.6) is 0 Å². The number of nitrogen functional groups attached to an aromatic ring is 1. The number of nitrogens with two attached hydrogens (primary N) is 1. The van der Waals surface area contributed by atoms with E-state index in [1.807, 2.05) is 11.6 Å². The van der Waals surface area contributed by atoms with Crippen molar-refractivity contribution in [3.8, 4) is 0 Å². The lowest BCUT2D eigenvalue weighted by molar-refractivity contribution is -0.116. The molecule has 22 heavy (non-hydrogen) atoms. The second-order valence-electron chi connectivity index (χ2n) is 4.53. The van der Waals surface area contributed by atoms with Crippen LogP contribution in [-0.2, 0) is 14.8 Å². The molecule has 1 amide bonds. The maximum absolute atomic E-state index is 12.0. The molecular weight excluding hydrogens is 326 g/mol. The summed E-state index contributed by atoms with van der Waals surface area (Å²) >= 11 is 1.00. The molecule has 0 saturated heterocycles. The number of carbonyl (C=O) groups is 1. The quantitative estimate of drug-likeness (QED) is 0.589. The van der Waals surface area contributed by atoms with Gasteiger partial charge in [0.25, 0.3) is 10.0 Å². The number of aromatic nitrogens is 3. The lowest BCUT2D eigenvalue weighted by Gasteiger charge is -2.07. The molecule has 1 aromatic heterocycles. The van der Waals surface area contributed by atoms with Crippen molar-refractivity contribution < 1.29 is 13.2 Å². The molecule has 10 heteroatoms. The summed E-state index contributed by atoms with van der Waals surface area (Å²) in [7, 11) is -3.87. The molecule has 0 aliphatic heterocycles. The van der Waals surface area contributed by atoms with E-state index in [1.54, 1.807) is 19.1 Å². The van der Waals surface area contributed by atoms with E-state index in [4.69, 9.17) is 5.84 Å². The average molecular weight is 341 g/mol. The second kappa shape index (κ2) is 6.36. The highest BCUT2D eigenvalue weighted by atomic mass is 32.2. The fraction of sp³-hybridized carbons (Fsp3) is 0.250. The summed E-state index contributed by atoms with van der Waals surface area (Å²) in [5, 5.41) is 7.85.